The molecule has 0 bridgehead atoms. The van der Waals surface area contributed by atoms with Crippen LogP contribution in [-0.2, 0) is 20.0 Å². The van der Waals surface area contributed by atoms with Gasteiger partial charge in [0.15, 0.2) is 0 Å². The summed E-state index contributed by atoms with van der Waals surface area (Å²) in [4.78, 5) is 14.4. The lowest BCUT2D eigenvalue weighted by molar-refractivity contribution is 0.208. The second-order valence-electron chi connectivity index (χ2n) is 5.74. The third-order valence-corrected chi connectivity index (χ3v) is 4.26. The Hall–Kier alpha value is -2.70. The molecule has 2 amide bonds. The van der Waals surface area contributed by atoms with Gasteiger partial charge in [-0.05, 0) is 37.1 Å². The van der Waals surface area contributed by atoms with Crippen molar-refractivity contribution >= 4 is 11.7 Å². The first-order valence-electron chi connectivity index (χ1n) is 7.91. The van der Waals surface area contributed by atoms with Crippen LogP contribution in [0.3, 0.4) is 0 Å². The normalized spacial score (nSPS) is 13.9. The quantitative estimate of drug-likeness (QED) is 0.938. The van der Waals surface area contributed by atoms with Crippen LogP contribution >= 0.6 is 0 Å². The van der Waals surface area contributed by atoms with E-state index in [0.717, 1.165) is 35.5 Å². The number of anilines is 1. The molecular formula is C17H22N4O3. The Morgan fingerprint density at radius 3 is 2.62 bits per heavy atom. The number of benzene rings is 1. The van der Waals surface area contributed by atoms with E-state index in [9.17, 15) is 4.79 Å². The molecule has 0 radical (unpaired) electrons. The molecule has 0 fully saturated rings. The molecule has 128 valence electrons. The van der Waals surface area contributed by atoms with Gasteiger partial charge in [0.05, 0.1) is 26.5 Å². The van der Waals surface area contributed by atoms with Gasteiger partial charge < -0.3 is 19.7 Å². The molecule has 24 heavy (non-hydrogen) atoms. The minimum atomic E-state index is -0.117. The van der Waals surface area contributed by atoms with Gasteiger partial charge in [0.2, 0.25) is 5.88 Å². The predicted molar refractivity (Wildman–Crippen MR) is 90.5 cm³/mol. The van der Waals surface area contributed by atoms with Crippen molar-refractivity contribution in [3.05, 3.63) is 35.5 Å². The molecule has 2 heterocycles. The molecule has 1 aliphatic heterocycles. The topological polar surface area (TPSA) is 68.6 Å². The second-order valence-corrected chi connectivity index (χ2v) is 5.74. The van der Waals surface area contributed by atoms with E-state index in [1.807, 2.05) is 31.3 Å². The highest BCUT2D eigenvalue weighted by molar-refractivity contribution is 5.89. The van der Waals surface area contributed by atoms with Gasteiger partial charge in [0, 0.05) is 24.8 Å². The van der Waals surface area contributed by atoms with E-state index in [0.29, 0.717) is 19.0 Å². The fraction of sp³-hybridized carbons (Fsp3) is 0.412. The number of aromatic nitrogens is 2. The van der Waals surface area contributed by atoms with Crippen molar-refractivity contribution in [2.24, 2.45) is 7.05 Å². The van der Waals surface area contributed by atoms with Crippen LogP contribution in [0.1, 0.15) is 17.7 Å². The van der Waals surface area contributed by atoms with Gasteiger partial charge in [-0.2, -0.15) is 0 Å². The minimum Gasteiger partial charge on any atom is -0.497 e. The van der Waals surface area contributed by atoms with Gasteiger partial charge in [0.25, 0.3) is 0 Å². The zero-order valence-corrected chi connectivity index (χ0v) is 14.2. The highest BCUT2D eigenvalue weighted by Crippen LogP contribution is 2.27. The van der Waals surface area contributed by atoms with Crippen LogP contribution in [0.2, 0.25) is 0 Å². The van der Waals surface area contributed by atoms with Crippen molar-refractivity contribution in [2.45, 2.75) is 19.4 Å². The lowest BCUT2D eigenvalue weighted by Crippen LogP contribution is -2.35. The number of hydrogen-bond donors (Lipinski definition) is 1. The predicted octanol–water partition coefficient (Wildman–Crippen LogP) is 2.42. The van der Waals surface area contributed by atoms with E-state index in [1.54, 1.807) is 23.8 Å². The first-order valence-corrected chi connectivity index (χ1v) is 7.91. The Bertz CT molecular complexity index is 724. The van der Waals surface area contributed by atoms with Crippen molar-refractivity contribution in [1.82, 2.24) is 14.7 Å². The average molecular weight is 330 g/mol. The molecule has 0 atom stereocenters. The highest BCUT2D eigenvalue weighted by atomic mass is 16.5. The number of aryl methyl sites for hydroxylation is 1. The summed E-state index contributed by atoms with van der Waals surface area (Å²) in [6.45, 7) is 1.21. The number of hydrogen-bond acceptors (Lipinski definition) is 4. The summed E-state index contributed by atoms with van der Waals surface area (Å²) in [5.41, 5.74) is 2.86. The number of urea groups is 1. The molecular weight excluding hydrogens is 308 g/mol. The Kier molecular flexibility index (Phi) is 4.59. The number of nitrogens with one attached hydrogen (secondary N) is 1. The van der Waals surface area contributed by atoms with Gasteiger partial charge >= 0.3 is 6.03 Å². The summed E-state index contributed by atoms with van der Waals surface area (Å²) in [6, 6.07) is 7.18. The van der Waals surface area contributed by atoms with Gasteiger partial charge in [-0.25, -0.2) is 4.79 Å². The van der Waals surface area contributed by atoms with Crippen LogP contribution in [-0.4, -0.2) is 41.5 Å². The van der Waals surface area contributed by atoms with Crippen molar-refractivity contribution < 1.29 is 14.3 Å². The molecule has 1 N–H and O–H groups in total. The molecule has 7 heteroatoms. The summed E-state index contributed by atoms with van der Waals surface area (Å²) in [5, 5.41) is 7.30. The molecule has 3 rings (SSSR count). The molecule has 0 unspecified atom stereocenters. The Balaban J connectivity index is 1.73. The largest absolute Gasteiger partial charge is 0.497 e. The van der Waals surface area contributed by atoms with E-state index in [-0.39, 0.29) is 6.03 Å². The molecule has 1 aromatic heterocycles. The number of rotatable bonds is 3. The maximum atomic E-state index is 12.6. The molecule has 2 aromatic rings. The lowest BCUT2D eigenvalue weighted by atomic mass is 10.1. The zero-order valence-electron chi connectivity index (χ0n) is 14.2. The monoisotopic (exact) mass is 330 g/mol. The first kappa shape index (κ1) is 16.2. The van der Waals surface area contributed by atoms with Crippen LogP contribution in [0, 0.1) is 0 Å². The molecule has 0 saturated carbocycles. The minimum absolute atomic E-state index is 0.117. The van der Waals surface area contributed by atoms with Gasteiger partial charge in [0.1, 0.15) is 5.75 Å². The third-order valence-electron chi connectivity index (χ3n) is 4.26. The number of carbonyl (C=O) groups is 1. The Labute approximate surface area is 141 Å². The van der Waals surface area contributed by atoms with E-state index >= 15 is 0 Å². The smallest absolute Gasteiger partial charge is 0.322 e. The van der Waals surface area contributed by atoms with Gasteiger partial charge in [-0.15, -0.1) is 5.10 Å². The molecule has 1 aliphatic rings. The molecule has 1 aromatic carbocycles. The third kappa shape index (κ3) is 3.15. The Morgan fingerprint density at radius 1 is 1.21 bits per heavy atom. The van der Waals surface area contributed by atoms with Crippen LogP contribution in [0.5, 0.6) is 11.6 Å². The highest BCUT2D eigenvalue weighted by Gasteiger charge is 2.25. The van der Waals surface area contributed by atoms with Crippen LogP contribution in [0.15, 0.2) is 24.3 Å². The lowest BCUT2D eigenvalue weighted by Gasteiger charge is -2.21. The number of fused-ring (bicyclic) bond motifs is 1. The van der Waals surface area contributed by atoms with Crippen LogP contribution < -0.4 is 14.8 Å². The number of ether oxygens (including phenoxy) is 2. The molecule has 0 aliphatic carbocycles. The van der Waals surface area contributed by atoms with Crippen LogP contribution in [0.25, 0.3) is 0 Å². The summed E-state index contributed by atoms with van der Waals surface area (Å²) < 4.78 is 12.3. The maximum absolute atomic E-state index is 12.6. The first-order chi connectivity index (χ1) is 11.6. The second kappa shape index (κ2) is 6.82. The fourth-order valence-electron chi connectivity index (χ4n) is 2.95. The molecule has 7 nitrogen and oxygen atoms in total. The fourth-order valence-corrected chi connectivity index (χ4v) is 2.95. The molecule has 0 spiro atoms. The number of amides is 2. The van der Waals surface area contributed by atoms with Crippen molar-refractivity contribution in [1.29, 1.82) is 0 Å². The average Bonchev–Trinajstić information content (AvgIpc) is 2.77. The SMILES string of the molecule is COc1ccc(NC(=O)N2CCCc3c(OC)nn(C)c3C2)cc1. The standard InChI is InChI=1S/C17H22N4O3/c1-20-15-11-21(10-4-5-14(15)16(19-20)24-3)17(22)18-12-6-8-13(23-2)9-7-12/h6-9H,4-5,10-11H2,1-3H3,(H,18,22). The zero-order chi connectivity index (χ0) is 17.1. The Morgan fingerprint density at radius 2 is 1.96 bits per heavy atom. The summed E-state index contributed by atoms with van der Waals surface area (Å²) in [6.07, 6.45) is 1.74. The van der Waals surface area contributed by atoms with Gasteiger partial charge in [-0.1, -0.05) is 0 Å². The van der Waals surface area contributed by atoms with E-state index in [2.05, 4.69) is 10.4 Å². The number of methoxy groups -OCH3 is 2. The van der Waals surface area contributed by atoms with E-state index in [1.165, 1.54) is 0 Å². The maximum Gasteiger partial charge on any atom is 0.322 e. The van der Waals surface area contributed by atoms with Crippen LogP contribution in [0.4, 0.5) is 10.5 Å². The van der Waals surface area contributed by atoms with Crippen molar-refractivity contribution in [3.63, 3.8) is 0 Å². The summed E-state index contributed by atoms with van der Waals surface area (Å²) in [7, 11) is 5.12. The summed E-state index contributed by atoms with van der Waals surface area (Å²) >= 11 is 0. The number of nitrogens with zero attached hydrogens (tertiary/aromatic N) is 3. The molecule has 0 saturated heterocycles. The van der Waals surface area contributed by atoms with Crippen molar-refractivity contribution in [3.8, 4) is 11.6 Å². The summed E-state index contributed by atoms with van der Waals surface area (Å²) in [5.74, 6) is 1.42. The van der Waals surface area contributed by atoms with E-state index in [4.69, 9.17) is 9.47 Å². The van der Waals surface area contributed by atoms with E-state index < -0.39 is 0 Å². The number of carbonyl (C=O) groups excluding carboxylic acids is 1. The van der Waals surface area contributed by atoms with Gasteiger partial charge in [-0.3, -0.25) is 4.68 Å². The van der Waals surface area contributed by atoms with Crippen molar-refractivity contribution in [2.75, 3.05) is 26.1 Å².